The van der Waals surface area contributed by atoms with E-state index in [4.69, 9.17) is 9.47 Å². The number of nitrogens with one attached hydrogen (secondary N) is 3. The van der Waals surface area contributed by atoms with E-state index in [1.807, 2.05) is 25.1 Å². The summed E-state index contributed by atoms with van der Waals surface area (Å²) in [6.07, 6.45) is 4.18. The fourth-order valence-corrected chi connectivity index (χ4v) is 3.54. The van der Waals surface area contributed by atoms with Crippen molar-refractivity contribution in [3.63, 3.8) is 0 Å². The average Bonchev–Trinajstić information content (AvgIpc) is 3.30. The van der Waals surface area contributed by atoms with Crippen LogP contribution in [0.3, 0.4) is 0 Å². The summed E-state index contributed by atoms with van der Waals surface area (Å²) in [5.41, 5.74) is 1.62. The number of guanidine groups is 1. The topological polar surface area (TPSA) is 100 Å². The smallest absolute Gasteiger partial charge is 0.252 e. The van der Waals surface area contributed by atoms with Gasteiger partial charge in [0.25, 0.3) is 5.91 Å². The summed E-state index contributed by atoms with van der Waals surface area (Å²) >= 11 is 0. The Balaban J connectivity index is 1.52. The summed E-state index contributed by atoms with van der Waals surface area (Å²) in [6, 6.07) is 9.66. The van der Waals surface area contributed by atoms with Crippen molar-refractivity contribution in [3.8, 4) is 11.5 Å². The Bertz CT molecular complexity index is 884. The SMILES string of the molecule is CCNC(=NCCNC(=O)c1cccnc1)NC1CCN(c2cc(OC)cc(OC)c2)C1. The van der Waals surface area contributed by atoms with Crippen molar-refractivity contribution in [2.45, 2.75) is 19.4 Å². The Labute approximate surface area is 189 Å². The molecule has 1 aromatic carbocycles. The van der Waals surface area contributed by atoms with E-state index in [9.17, 15) is 4.79 Å². The van der Waals surface area contributed by atoms with Crippen molar-refractivity contribution in [1.82, 2.24) is 20.9 Å². The Hall–Kier alpha value is -3.49. The quantitative estimate of drug-likeness (QED) is 0.310. The van der Waals surface area contributed by atoms with Crippen molar-refractivity contribution in [2.24, 2.45) is 4.99 Å². The van der Waals surface area contributed by atoms with E-state index in [2.05, 4.69) is 30.8 Å². The van der Waals surface area contributed by atoms with Gasteiger partial charge in [-0.3, -0.25) is 14.8 Å². The minimum absolute atomic E-state index is 0.147. The fourth-order valence-electron chi connectivity index (χ4n) is 3.54. The van der Waals surface area contributed by atoms with Crippen LogP contribution in [-0.4, -0.2) is 69.8 Å². The number of ether oxygens (including phenoxy) is 2. The maximum atomic E-state index is 12.1. The van der Waals surface area contributed by atoms with E-state index in [0.717, 1.165) is 49.2 Å². The normalized spacial score (nSPS) is 15.9. The molecule has 1 atom stereocenters. The van der Waals surface area contributed by atoms with Crippen LogP contribution < -0.4 is 30.3 Å². The van der Waals surface area contributed by atoms with Crippen molar-refractivity contribution in [2.75, 3.05) is 51.8 Å². The molecule has 9 heteroatoms. The van der Waals surface area contributed by atoms with Gasteiger partial charge in [0.2, 0.25) is 0 Å². The van der Waals surface area contributed by atoms with Gasteiger partial charge in [0, 0.05) is 68.5 Å². The lowest BCUT2D eigenvalue weighted by atomic mass is 10.2. The van der Waals surface area contributed by atoms with Crippen LogP contribution in [0.15, 0.2) is 47.7 Å². The minimum Gasteiger partial charge on any atom is -0.497 e. The molecule has 0 aliphatic carbocycles. The number of hydrogen-bond donors (Lipinski definition) is 3. The zero-order valence-electron chi connectivity index (χ0n) is 18.9. The van der Waals surface area contributed by atoms with E-state index >= 15 is 0 Å². The Morgan fingerprint density at radius 3 is 2.66 bits per heavy atom. The number of rotatable bonds is 9. The van der Waals surface area contributed by atoms with Gasteiger partial charge >= 0.3 is 0 Å². The summed E-state index contributed by atoms with van der Waals surface area (Å²) in [7, 11) is 3.32. The van der Waals surface area contributed by atoms with Crippen molar-refractivity contribution >= 4 is 17.6 Å². The summed E-state index contributed by atoms with van der Waals surface area (Å²) in [4.78, 5) is 23.0. The van der Waals surface area contributed by atoms with Crippen molar-refractivity contribution in [3.05, 3.63) is 48.3 Å². The second-order valence-corrected chi connectivity index (χ2v) is 7.41. The number of carbonyl (C=O) groups is 1. The molecule has 2 heterocycles. The van der Waals surface area contributed by atoms with Crippen LogP contribution in [0.25, 0.3) is 0 Å². The van der Waals surface area contributed by atoms with Crippen LogP contribution >= 0.6 is 0 Å². The Morgan fingerprint density at radius 1 is 1.22 bits per heavy atom. The summed E-state index contributed by atoms with van der Waals surface area (Å²) in [5, 5.41) is 9.65. The second-order valence-electron chi connectivity index (χ2n) is 7.41. The van der Waals surface area contributed by atoms with Crippen LogP contribution in [0, 0.1) is 0 Å². The molecule has 3 rings (SSSR count). The van der Waals surface area contributed by atoms with E-state index in [1.54, 1.807) is 38.7 Å². The highest BCUT2D eigenvalue weighted by atomic mass is 16.5. The van der Waals surface area contributed by atoms with Crippen molar-refractivity contribution < 1.29 is 14.3 Å². The highest BCUT2D eigenvalue weighted by Gasteiger charge is 2.24. The van der Waals surface area contributed by atoms with Crippen LogP contribution in [0.1, 0.15) is 23.7 Å². The molecule has 1 saturated heterocycles. The van der Waals surface area contributed by atoms with Gasteiger partial charge in [-0.2, -0.15) is 0 Å². The molecule has 32 heavy (non-hydrogen) atoms. The number of pyridine rings is 1. The number of aliphatic imine (C=N–C) groups is 1. The molecule has 3 N–H and O–H groups in total. The van der Waals surface area contributed by atoms with Gasteiger partial charge in [-0.1, -0.05) is 0 Å². The maximum Gasteiger partial charge on any atom is 0.252 e. The first kappa shape index (κ1) is 23.2. The molecule has 1 amide bonds. The van der Waals surface area contributed by atoms with E-state index in [0.29, 0.717) is 18.7 Å². The summed E-state index contributed by atoms with van der Waals surface area (Å²) in [5.74, 6) is 2.16. The third kappa shape index (κ3) is 6.50. The Kier molecular flexibility index (Phi) is 8.53. The zero-order chi connectivity index (χ0) is 22.8. The predicted molar refractivity (Wildman–Crippen MR) is 126 cm³/mol. The average molecular weight is 441 g/mol. The number of aromatic nitrogens is 1. The number of methoxy groups -OCH3 is 2. The summed E-state index contributed by atoms with van der Waals surface area (Å²) < 4.78 is 10.8. The molecule has 9 nitrogen and oxygen atoms in total. The molecule has 1 unspecified atom stereocenters. The van der Waals surface area contributed by atoms with Gasteiger partial charge in [0.05, 0.1) is 26.3 Å². The van der Waals surface area contributed by atoms with Gasteiger partial charge in [0.1, 0.15) is 11.5 Å². The third-order valence-electron chi connectivity index (χ3n) is 5.17. The lowest BCUT2D eigenvalue weighted by Crippen LogP contribution is -2.45. The first-order chi connectivity index (χ1) is 15.6. The fraction of sp³-hybridized carbons (Fsp3) is 0.435. The number of carbonyl (C=O) groups excluding carboxylic acids is 1. The summed E-state index contributed by atoms with van der Waals surface area (Å²) in [6.45, 7) is 5.49. The molecule has 1 aromatic heterocycles. The van der Waals surface area contributed by atoms with E-state index in [1.165, 1.54) is 0 Å². The number of amides is 1. The minimum atomic E-state index is -0.147. The monoisotopic (exact) mass is 440 g/mol. The Morgan fingerprint density at radius 2 is 2.00 bits per heavy atom. The molecule has 0 radical (unpaired) electrons. The van der Waals surface area contributed by atoms with Gasteiger partial charge in [-0.15, -0.1) is 0 Å². The highest BCUT2D eigenvalue weighted by Crippen LogP contribution is 2.30. The number of anilines is 1. The van der Waals surface area contributed by atoms with E-state index in [-0.39, 0.29) is 11.9 Å². The highest BCUT2D eigenvalue weighted by molar-refractivity contribution is 5.93. The maximum absolute atomic E-state index is 12.1. The third-order valence-corrected chi connectivity index (χ3v) is 5.17. The van der Waals surface area contributed by atoms with Gasteiger partial charge in [-0.05, 0) is 25.5 Å². The number of hydrogen-bond acceptors (Lipinski definition) is 6. The molecule has 0 bridgehead atoms. The van der Waals surface area contributed by atoms with E-state index < -0.39 is 0 Å². The van der Waals surface area contributed by atoms with Gasteiger partial charge < -0.3 is 30.3 Å². The molecule has 1 aliphatic heterocycles. The molecular weight excluding hydrogens is 408 g/mol. The molecular formula is C23H32N6O3. The lowest BCUT2D eigenvalue weighted by molar-refractivity contribution is 0.0954. The van der Waals surface area contributed by atoms with Crippen LogP contribution in [0.5, 0.6) is 11.5 Å². The predicted octanol–water partition coefficient (Wildman–Crippen LogP) is 1.66. The zero-order valence-corrected chi connectivity index (χ0v) is 18.9. The van der Waals surface area contributed by atoms with Crippen molar-refractivity contribution in [1.29, 1.82) is 0 Å². The lowest BCUT2D eigenvalue weighted by Gasteiger charge is -2.21. The molecule has 172 valence electrons. The first-order valence-electron chi connectivity index (χ1n) is 10.8. The molecule has 1 aliphatic rings. The molecule has 0 spiro atoms. The standard InChI is InChI=1S/C23H32N6O3/c1-4-25-23(27-10-9-26-22(30)17-6-5-8-24-15-17)28-18-7-11-29(16-18)19-12-20(31-2)14-21(13-19)32-3/h5-6,8,12-15,18H,4,7,9-11,16H2,1-3H3,(H,26,30)(H2,25,27,28). The van der Waals surface area contributed by atoms with Crippen LogP contribution in [0.2, 0.25) is 0 Å². The first-order valence-corrected chi connectivity index (χ1v) is 10.8. The van der Waals surface area contributed by atoms with Gasteiger partial charge in [-0.25, -0.2) is 0 Å². The van der Waals surface area contributed by atoms with Crippen LogP contribution in [0.4, 0.5) is 5.69 Å². The molecule has 1 fully saturated rings. The largest absolute Gasteiger partial charge is 0.497 e. The van der Waals surface area contributed by atoms with Crippen LogP contribution in [-0.2, 0) is 0 Å². The number of benzene rings is 1. The van der Waals surface area contributed by atoms with Gasteiger partial charge in [0.15, 0.2) is 5.96 Å². The number of nitrogens with zero attached hydrogens (tertiary/aromatic N) is 3. The molecule has 2 aromatic rings. The molecule has 0 saturated carbocycles. The second kappa shape index (κ2) is 11.8.